The van der Waals surface area contributed by atoms with Gasteiger partial charge in [-0.15, -0.1) is 0 Å². The predicted octanol–water partition coefficient (Wildman–Crippen LogP) is 2.56. The molecule has 0 aliphatic rings. The molecule has 0 amide bonds. The second kappa shape index (κ2) is 3.12. The molecular weight excluding hydrogens is 237 g/mol. The third-order valence-corrected chi connectivity index (χ3v) is 2.65. The number of aliphatic hydroxyl groups excluding tert-OH is 1. The third-order valence-electron chi connectivity index (χ3n) is 1.99. The number of aromatic nitrogens is 1. The quantitative estimate of drug-likeness (QED) is 0.794. The smallest absolute Gasteiger partial charge is 0.147 e. The number of benzene rings is 1. The van der Waals surface area contributed by atoms with Gasteiger partial charge in [-0.25, -0.2) is 4.39 Å². The lowest BCUT2D eigenvalue weighted by Gasteiger charge is -1.97. The van der Waals surface area contributed by atoms with Crippen LogP contribution in [-0.2, 0) is 6.61 Å². The summed E-state index contributed by atoms with van der Waals surface area (Å²) in [6.07, 6.45) is 1.61. The molecule has 0 radical (unpaired) electrons. The highest BCUT2D eigenvalue weighted by atomic mass is 79.9. The zero-order chi connectivity index (χ0) is 9.42. The summed E-state index contributed by atoms with van der Waals surface area (Å²) in [7, 11) is 0. The summed E-state index contributed by atoms with van der Waals surface area (Å²) < 4.78 is 14.0. The van der Waals surface area contributed by atoms with E-state index in [1.54, 1.807) is 12.3 Å². The fourth-order valence-electron chi connectivity index (χ4n) is 1.36. The lowest BCUT2D eigenvalue weighted by molar-refractivity contribution is 0.283. The number of aliphatic hydroxyl groups is 1. The van der Waals surface area contributed by atoms with E-state index in [-0.39, 0.29) is 12.4 Å². The Morgan fingerprint density at radius 3 is 2.92 bits per heavy atom. The first-order chi connectivity index (χ1) is 6.24. The molecule has 4 heteroatoms. The third kappa shape index (κ3) is 1.26. The van der Waals surface area contributed by atoms with Crippen LogP contribution in [-0.4, -0.2) is 10.1 Å². The van der Waals surface area contributed by atoms with Crippen LogP contribution in [0.15, 0.2) is 22.8 Å². The minimum Gasteiger partial charge on any atom is -0.392 e. The molecular formula is C9H7BrFNO. The summed E-state index contributed by atoms with van der Waals surface area (Å²) in [6.45, 7) is -0.0952. The molecule has 0 saturated carbocycles. The van der Waals surface area contributed by atoms with Gasteiger partial charge >= 0.3 is 0 Å². The zero-order valence-corrected chi connectivity index (χ0v) is 8.23. The summed E-state index contributed by atoms with van der Waals surface area (Å²) in [4.78, 5) is 2.78. The number of H-pyrrole nitrogens is 1. The van der Waals surface area contributed by atoms with E-state index in [0.717, 1.165) is 4.47 Å². The molecule has 0 saturated heterocycles. The second-order valence-corrected chi connectivity index (χ2v) is 3.61. The summed E-state index contributed by atoms with van der Waals surface area (Å²) >= 11 is 3.30. The Hall–Kier alpha value is -0.870. The monoisotopic (exact) mass is 243 g/mol. The average Bonchev–Trinajstić information content (AvgIpc) is 2.56. The van der Waals surface area contributed by atoms with E-state index in [2.05, 4.69) is 20.9 Å². The van der Waals surface area contributed by atoms with E-state index in [1.807, 2.05) is 0 Å². The zero-order valence-electron chi connectivity index (χ0n) is 6.64. The van der Waals surface area contributed by atoms with Crippen molar-refractivity contribution in [2.75, 3.05) is 0 Å². The van der Waals surface area contributed by atoms with E-state index in [0.29, 0.717) is 16.5 Å². The van der Waals surface area contributed by atoms with Gasteiger partial charge in [0.1, 0.15) is 5.82 Å². The van der Waals surface area contributed by atoms with E-state index in [4.69, 9.17) is 5.11 Å². The average molecular weight is 244 g/mol. The summed E-state index contributed by atoms with van der Waals surface area (Å²) in [6, 6.07) is 3.01. The van der Waals surface area contributed by atoms with Crippen molar-refractivity contribution in [2.45, 2.75) is 6.61 Å². The van der Waals surface area contributed by atoms with Crippen LogP contribution in [0.3, 0.4) is 0 Å². The Morgan fingerprint density at radius 1 is 1.46 bits per heavy atom. The minimum atomic E-state index is -0.307. The molecule has 1 aromatic heterocycles. The van der Waals surface area contributed by atoms with Crippen LogP contribution in [0.25, 0.3) is 10.9 Å². The number of aromatic amines is 1. The van der Waals surface area contributed by atoms with Gasteiger partial charge in [-0.3, -0.25) is 0 Å². The fraction of sp³-hybridized carbons (Fsp3) is 0.111. The Kier molecular flexibility index (Phi) is 2.09. The Labute approximate surface area is 82.5 Å². The first-order valence-electron chi connectivity index (χ1n) is 3.79. The summed E-state index contributed by atoms with van der Waals surface area (Å²) in [5, 5.41) is 9.69. The molecule has 0 spiro atoms. The Balaban J connectivity index is 2.87. The molecule has 0 unspecified atom stereocenters. The molecule has 0 aliphatic heterocycles. The van der Waals surface area contributed by atoms with Gasteiger partial charge in [0.25, 0.3) is 0 Å². The number of halogens is 2. The van der Waals surface area contributed by atoms with Crippen LogP contribution < -0.4 is 0 Å². The largest absolute Gasteiger partial charge is 0.392 e. The predicted molar refractivity (Wildman–Crippen MR) is 51.9 cm³/mol. The number of rotatable bonds is 1. The Bertz CT molecular complexity index is 452. The van der Waals surface area contributed by atoms with Gasteiger partial charge in [0.05, 0.1) is 12.1 Å². The van der Waals surface area contributed by atoms with E-state index < -0.39 is 0 Å². The summed E-state index contributed by atoms with van der Waals surface area (Å²) in [5.41, 5.74) is 1.12. The van der Waals surface area contributed by atoms with E-state index in [9.17, 15) is 4.39 Å². The maximum absolute atomic E-state index is 13.2. The van der Waals surface area contributed by atoms with Crippen molar-refractivity contribution < 1.29 is 9.50 Å². The molecule has 0 atom stereocenters. The molecule has 2 rings (SSSR count). The van der Waals surface area contributed by atoms with Crippen molar-refractivity contribution in [1.29, 1.82) is 0 Å². The molecule has 2 aromatic rings. The molecule has 0 aliphatic carbocycles. The molecule has 68 valence electrons. The van der Waals surface area contributed by atoms with Gasteiger partial charge in [0.15, 0.2) is 0 Å². The first-order valence-corrected chi connectivity index (χ1v) is 4.58. The second-order valence-electron chi connectivity index (χ2n) is 2.75. The lowest BCUT2D eigenvalue weighted by atomic mass is 10.2. The van der Waals surface area contributed by atoms with Crippen molar-refractivity contribution in [3.63, 3.8) is 0 Å². The van der Waals surface area contributed by atoms with Crippen LogP contribution in [0.2, 0.25) is 0 Å². The maximum atomic E-state index is 13.2. The standard InChI is InChI=1S/C9H7BrFNO/c10-6-1-2-7(11)9-8(6)5(4-13)3-12-9/h1-3,12-13H,4H2. The van der Waals surface area contributed by atoms with Crippen molar-refractivity contribution in [2.24, 2.45) is 0 Å². The van der Waals surface area contributed by atoms with Gasteiger partial charge in [0, 0.05) is 21.6 Å². The van der Waals surface area contributed by atoms with Crippen molar-refractivity contribution in [3.8, 4) is 0 Å². The Morgan fingerprint density at radius 2 is 2.23 bits per heavy atom. The van der Waals surface area contributed by atoms with E-state index >= 15 is 0 Å². The number of nitrogens with one attached hydrogen (secondary N) is 1. The van der Waals surface area contributed by atoms with Crippen molar-refractivity contribution in [1.82, 2.24) is 4.98 Å². The van der Waals surface area contributed by atoms with Gasteiger partial charge in [-0.1, -0.05) is 15.9 Å². The topological polar surface area (TPSA) is 36.0 Å². The van der Waals surface area contributed by atoms with Crippen molar-refractivity contribution >= 4 is 26.8 Å². The normalized spacial score (nSPS) is 11.0. The highest BCUT2D eigenvalue weighted by Gasteiger charge is 2.09. The van der Waals surface area contributed by atoms with Gasteiger partial charge in [-0.2, -0.15) is 0 Å². The SMILES string of the molecule is OCc1c[nH]c2c(F)ccc(Br)c12. The highest BCUT2D eigenvalue weighted by molar-refractivity contribution is 9.10. The van der Waals surface area contributed by atoms with Gasteiger partial charge < -0.3 is 10.1 Å². The van der Waals surface area contributed by atoms with Crippen LogP contribution >= 0.6 is 15.9 Å². The van der Waals surface area contributed by atoms with Crippen LogP contribution in [0.5, 0.6) is 0 Å². The van der Waals surface area contributed by atoms with E-state index in [1.165, 1.54) is 6.07 Å². The molecule has 2 nitrogen and oxygen atoms in total. The van der Waals surface area contributed by atoms with Crippen LogP contribution in [0, 0.1) is 5.82 Å². The molecule has 1 aromatic carbocycles. The number of fused-ring (bicyclic) bond motifs is 1. The van der Waals surface area contributed by atoms with Gasteiger partial charge in [0.2, 0.25) is 0 Å². The molecule has 2 N–H and O–H groups in total. The molecule has 0 fully saturated rings. The van der Waals surface area contributed by atoms with Crippen molar-refractivity contribution in [3.05, 3.63) is 34.2 Å². The number of hydrogen-bond acceptors (Lipinski definition) is 1. The van der Waals surface area contributed by atoms with Crippen LogP contribution in [0.4, 0.5) is 4.39 Å². The van der Waals surface area contributed by atoms with Crippen LogP contribution in [0.1, 0.15) is 5.56 Å². The molecule has 1 heterocycles. The summed E-state index contributed by atoms with van der Waals surface area (Å²) in [5.74, 6) is -0.307. The first kappa shape index (κ1) is 8.72. The highest BCUT2D eigenvalue weighted by Crippen LogP contribution is 2.28. The molecule has 0 bridgehead atoms. The fourth-order valence-corrected chi connectivity index (χ4v) is 1.95. The van der Waals surface area contributed by atoms with Gasteiger partial charge in [-0.05, 0) is 12.1 Å². The number of hydrogen-bond donors (Lipinski definition) is 2. The minimum absolute atomic E-state index is 0.0952. The molecule has 13 heavy (non-hydrogen) atoms. The lowest BCUT2D eigenvalue weighted by Crippen LogP contribution is -1.82. The maximum Gasteiger partial charge on any atom is 0.147 e.